The molecule has 1 amide bonds. The normalized spacial score (nSPS) is 26.2. The van der Waals surface area contributed by atoms with Crippen molar-refractivity contribution < 1.29 is 4.79 Å². The molecule has 0 spiro atoms. The molecule has 0 aliphatic carbocycles. The van der Waals surface area contributed by atoms with Crippen LogP contribution in [0, 0.1) is 6.92 Å². The van der Waals surface area contributed by atoms with Crippen LogP contribution in [0.4, 0.5) is 0 Å². The predicted octanol–water partition coefficient (Wildman–Crippen LogP) is 0.835. The summed E-state index contributed by atoms with van der Waals surface area (Å²) in [6.07, 6.45) is 0. The Morgan fingerprint density at radius 2 is 1.86 bits per heavy atom. The number of benzene rings is 1. The van der Waals surface area contributed by atoms with Crippen LogP contribution < -0.4 is 5.73 Å². The second-order valence-corrected chi connectivity index (χ2v) is 3.83. The fourth-order valence-corrected chi connectivity index (χ4v) is 1.86. The largest absolute Gasteiger partial charge is 0.335 e. The van der Waals surface area contributed by atoms with E-state index >= 15 is 0 Å². The van der Waals surface area contributed by atoms with Gasteiger partial charge in [0.1, 0.15) is 6.04 Å². The maximum atomic E-state index is 11.2. The van der Waals surface area contributed by atoms with Crippen molar-refractivity contribution in [1.29, 1.82) is 0 Å². The molecule has 0 unspecified atom stereocenters. The number of likely N-dealkylation sites (tertiary alicyclic amines) is 1. The SMILES string of the molecule is Cc1ccc([C@@H]2[C@H](N)C(=O)N2C)cc1. The zero-order chi connectivity index (χ0) is 10.3. The van der Waals surface area contributed by atoms with E-state index in [4.69, 9.17) is 5.73 Å². The average molecular weight is 190 g/mol. The van der Waals surface area contributed by atoms with E-state index in [0.717, 1.165) is 5.56 Å². The van der Waals surface area contributed by atoms with Gasteiger partial charge in [-0.25, -0.2) is 0 Å². The number of hydrogen-bond donors (Lipinski definition) is 1. The second kappa shape index (κ2) is 3.10. The van der Waals surface area contributed by atoms with Crippen LogP contribution in [-0.2, 0) is 4.79 Å². The number of hydrogen-bond acceptors (Lipinski definition) is 2. The fraction of sp³-hybridized carbons (Fsp3) is 0.364. The third kappa shape index (κ3) is 1.21. The van der Waals surface area contributed by atoms with E-state index in [0.29, 0.717) is 0 Å². The number of aryl methyl sites for hydroxylation is 1. The molecule has 2 N–H and O–H groups in total. The van der Waals surface area contributed by atoms with E-state index in [1.165, 1.54) is 5.56 Å². The highest BCUT2D eigenvalue weighted by Gasteiger charge is 2.42. The van der Waals surface area contributed by atoms with Crippen LogP contribution in [0.3, 0.4) is 0 Å². The summed E-state index contributed by atoms with van der Waals surface area (Å²) in [6.45, 7) is 2.04. The first-order chi connectivity index (χ1) is 6.61. The molecule has 1 aromatic rings. The Labute approximate surface area is 83.5 Å². The molecule has 0 aromatic heterocycles. The van der Waals surface area contributed by atoms with Gasteiger partial charge in [0.2, 0.25) is 5.91 Å². The van der Waals surface area contributed by atoms with Crippen molar-refractivity contribution in [2.75, 3.05) is 7.05 Å². The van der Waals surface area contributed by atoms with Gasteiger partial charge < -0.3 is 10.6 Å². The molecule has 14 heavy (non-hydrogen) atoms. The highest BCUT2D eigenvalue weighted by molar-refractivity contribution is 5.89. The van der Waals surface area contributed by atoms with Crippen molar-refractivity contribution in [2.45, 2.75) is 19.0 Å². The van der Waals surface area contributed by atoms with Crippen molar-refractivity contribution in [2.24, 2.45) is 5.73 Å². The van der Waals surface area contributed by atoms with Crippen molar-refractivity contribution in [3.05, 3.63) is 35.4 Å². The molecule has 0 radical (unpaired) electrons. The summed E-state index contributed by atoms with van der Waals surface area (Å²) in [5.41, 5.74) is 8.07. The Balaban J connectivity index is 2.24. The molecule has 3 heteroatoms. The molecule has 2 atom stereocenters. The van der Waals surface area contributed by atoms with E-state index in [2.05, 4.69) is 0 Å². The van der Waals surface area contributed by atoms with Gasteiger partial charge in [-0.3, -0.25) is 4.79 Å². The number of nitrogens with two attached hydrogens (primary N) is 1. The standard InChI is InChI=1S/C11H14N2O/c1-7-3-5-8(6-4-7)10-9(12)11(14)13(10)2/h3-6,9-10H,12H2,1-2H3/t9-,10+/m0/s1. The molecule has 2 rings (SSSR count). The van der Waals surface area contributed by atoms with E-state index in [9.17, 15) is 4.79 Å². The Morgan fingerprint density at radius 3 is 2.36 bits per heavy atom. The summed E-state index contributed by atoms with van der Waals surface area (Å²) in [7, 11) is 1.79. The maximum Gasteiger partial charge on any atom is 0.242 e. The minimum Gasteiger partial charge on any atom is -0.335 e. The highest BCUT2D eigenvalue weighted by atomic mass is 16.2. The molecule has 0 saturated carbocycles. The molecule has 0 bridgehead atoms. The molecular weight excluding hydrogens is 176 g/mol. The fourth-order valence-electron chi connectivity index (χ4n) is 1.86. The molecule has 3 nitrogen and oxygen atoms in total. The van der Waals surface area contributed by atoms with Crippen molar-refractivity contribution in [3.63, 3.8) is 0 Å². The Bertz CT molecular complexity index is 346. The van der Waals surface area contributed by atoms with Gasteiger partial charge in [0.05, 0.1) is 6.04 Å². The smallest absolute Gasteiger partial charge is 0.242 e. The van der Waals surface area contributed by atoms with Crippen LogP contribution in [0.2, 0.25) is 0 Å². The summed E-state index contributed by atoms with van der Waals surface area (Å²) in [5, 5.41) is 0. The molecule has 1 heterocycles. The first kappa shape index (κ1) is 9.21. The summed E-state index contributed by atoms with van der Waals surface area (Å²) in [4.78, 5) is 12.9. The predicted molar refractivity (Wildman–Crippen MR) is 54.7 cm³/mol. The Hall–Kier alpha value is -1.35. The van der Waals surface area contributed by atoms with Crippen LogP contribution in [0.1, 0.15) is 17.2 Å². The lowest BCUT2D eigenvalue weighted by atomic mass is 9.90. The van der Waals surface area contributed by atoms with Gasteiger partial charge >= 0.3 is 0 Å². The number of β-lactam (4-membered cyclic amide) rings is 1. The second-order valence-electron chi connectivity index (χ2n) is 3.83. The van der Waals surface area contributed by atoms with Crippen molar-refractivity contribution in [3.8, 4) is 0 Å². The number of amides is 1. The van der Waals surface area contributed by atoms with Crippen LogP contribution in [0.15, 0.2) is 24.3 Å². The van der Waals surface area contributed by atoms with Crippen LogP contribution in [0.25, 0.3) is 0 Å². The van der Waals surface area contributed by atoms with E-state index in [1.54, 1.807) is 11.9 Å². The molecule has 1 saturated heterocycles. The molecule has 74 valence electrons. The summed E-state index contributed by atoms with van der Waals surface area (Å²) < 4.78 is 0. The van der Waals surface area contributed by atoms with Gasteiger partial charge in [-0.1, -0.05) is 29.8 Å². The quantitative estimate of drug-likeness (QED) is 0.667. The molecule has 1 fully saturated rings. The van der Waals surface area contributed by atoms with Gasteiger partial charge in [-0.2, -0.15) is 0 Å². The average Bonchev–Trinajstić information content (AvgIpc) is 2.21. The lowest BCUT2D eigenvalue weighted by Gasteiger charge is -2.43. The monoisotopic (exact) mass is 190 g/mol. The molecule has 1 aliphatic rings. The lowest BCUT2D eigenvalue weighted by molar-refractivity contribution is -0.146. The van der Waals surface area contributed by atoms with Gasteiger partial charge in [0.25, 0.3) is 0 Å². The van der Waals surface area contributed by atoms with Gasteiger partial charge in [0.15, 0.2) is 0 Å². The molecule has 1 aliphatic heterocycles. The molecular formula is C11H14N2O. The van der Waals surface area contributed by atoms with E-state index in [1.807, 2.05) is 31.2 Å². The third-order valence-corrected chi connectivity index (χ3v) is 2.81. The van der Waals surface area contributed by atoms with Gasteiger partial charge in [0, 0.05) is 7.05 Å². The summed E-state index contributed by atoms with van der Waals surface area (Å²) >= 11 is 0. The van der Waals surface area contributed by atoms with E-state index in [-0.39, 0.29) is 18.0 Å². The number of carbonyl (C=O) groups excluding carboxylic acids is 1. The van der Waals surface area contributed by atoms with Crippen LogP contribution in [-0.4, -0.2) is 23.9 Å². The van der Waals surface area contributed by atoms with Crippen LogP contribution >= 0.6 is 0 Å². The van der Waals surface area contributed by atoms with Crippen molar-refractivity contribution >= 4 is 5.91 Å². The van der Waals surface area contributed by atoms with Gasteiger partial charge in [-0.15, -0.1) is 0 Å². The zero-order valence-electron chi connectivity index (χ0n) is 8.40. The highest BCUT2D eigenvalue weighted by Crippen LogP contribution is 2.31. The molecule has 1 aromatic carbocycles. The first-order valence-corrected chi connectivity index (χ1v) is 4.70. The van der Waals surface area contributed by atoms with E-state index < -0.39 is 0 Å². The maximum absolute atomic E-state index is 11.2. The van der Waals surface area contributed by atoms with Gasteiger partial charge in [-0.05, 0) is 12.5 Å². The number of nitrogens with zero attached hydrogens (tertiary/aromatic N) is 1. The van der Waals surface area contributed by atoms with Crippen molar-refractivity contribution in [1.82, 2.24) is 4.90 Å². The Morgan fingerprint density at radius 1 is 1.29 bits per heavy atom. The number of carbonyl (C=O) groups is 1. The summed E-state index contributed by atoms with van der Waals surface area (Å²) in [6, 6.07) is 7.84. The minimum absolute atomic E-state index is 0.0237. The zero-order valence-corrected chi connectivity index (χ0v) is 8.40. The lowest BCUT2D eigenvalue weighted by Crippen LogP contribution is -2.61. The van der Waals surface area contributed by atoms with Crippen LogP contribution in [0.5, 0.6) is 0 Å². The number of rotatable bonds is 1. The Kier molecular flexibility index (Phi) is 2.04. The minimum atomic E-state index is -0.359. The topological polar surface area (TPSA) is 46.3 Å². The first-order valence-electron chi connectivity index (χ1n) is 4.70. The number of likely N-dealkylation sites (N-methyl/N-ethyl adjacent to an activating group) is 1. The summed E-state index contributed by atoms with van der Waals surface area (Å²) in [5.74, 6) is 0.0237. The third-order valence-electron chi connectivity index (χ3n) is 2.81.